The molecule has 0 bridgehead atoms. The normalized spacial score (nSPS) is 12.2. The highest BCUT2D eigenvalue weighted by molar-refractivity contribution is 7.92. The number of sulfonamides is 1. The number of aryl methyl sites for hydroxylation is 2. The van der Waals surface area contributed by atoms with E-state index in [0.717, 1.165) is 34.0 Å². The Morgan fingerprint density at radius 2 is 1.72 bits per heavy atom. The van der Waals surface area contributed by atoms with Crippen LogP contribution in [0.1, 0.15) is 22.3 Å². The number of benzene rings is 2. The largest absolute Gasteiger partial charge is 0.417 e. The van der Waals surface area contributed by atoms with E-state index < -0.39 is 34.2 Å². The predicted molar refractivity (Wildman–Crippen MR) is 105 cm³/mol. The van der Waals surface area contributed by atoms with Crippen molar-refractivity contribution in [2.75, 3.05) is 17.1 Å². The van der Waals surface area contributed by atoms with Gasteiger partial charge in [0.05, 0.1) is 23.7 Å². The van der Waals surface area contributed by atoms with Crippen molar-refractivity contribution in [1.82, 2.24) is 5.43 Å². The molecule has 0 fully saturated rings. The van der Waals surface area contributed by atoms with Gasteiger partial charge in [0, 0.05) is 5.56 Å². The zero-order chi connectivity index (χ0) is 21.8. The van der Waals surface area contributed by atoms with Gasteiger partial charge in [0.15, 0.2) is 0 Å². The number of hydrazone groups is 1. The summed E-state index contributed by atoms with van der Waals surface area (Å²) in [5.74, 6) is -0.796. The average molecular weight is 427 g/mol. The SMILES string of the molecule is Cc1cc(C)cc(N(CC(=O)N/N=C\c2ccccc2C(F)(F)F)S(C)(=O)=O)c1. The number of hydrogen-bond acceptors (Lipinski definition) is 4. The predicted octanol–water partition coefficient (Wildman–Crippen LogP) is 3.24. The summed E-state index contributed by atoms with van der Waals surface area (Å²) < 4.78 is 64.1. The lowest BCUT2D eigenvalue weighted by molar-refractivity contribution is -0.137. The van der Waals surface area contributed by atoms with E-state index in [1.54, 1.807) is 26.0 Å². The Morgan fingerprint density at radius 1 is 1.14 bits per heavy atom. The van der Waals surface area contributed by atoms with Gasteiger partial charge in [0.2, 0.25) is 10.0 Å². The Labute approximate surface area is 167 Å². The number of anilines is 1. The average Bonchev–Trinajstić information content (AvgIpc) is 2.57. The fraction of sp³-hybridized carbons (Fsp3) is 0.263. The molecule has 0 heterocycles. The number of halogens is 3. The standard InChI is InChI=1S/C19H20F3N3O3S/c1-13-8-14(2)10-16(9-13)25(29(3,27)28)12-18(26)24-23-11-15-6-4-5-7-17(15)19(20,21)22/h4-11H,12H2,1-3H3,(H,24,26)/b23-11-. The van der Waals surface area contributed by atoms with Gasteiger partial charge in [0.1, 0.15) is 6.54 Å². The Morgan fingerprint density at radius 3 is 2.28 bits per heavy atom. The first-order valence-electron chi connectivity index (χ1n) is 8.42. The molecule has 0 saturated carbocycles. The van der Waals surface area contributed by atoms with Crippen molar-refractivity contribution in [2.24, 2.45) is 5.10 Å². The van der Waals surface area contributed by atoms with E-state index in [4.69, 9.17) is 0 Å². The molecule has 2 rings (SSSR count). The fourth-order valence-electron chi connectivity index (χ4n) is 2.70. The van der Waals surface area contributed by atoms with Crippen molar-refractivity contribution in [1.29, 1.82) is 0 Å². The lowest BCUT2D eigenvalue weighted by atomic mass is 10.1. The van der Waals surface area contributed by atoms with E-state index in [9.17, 15) is 26.4 Å². The van der Waals surface area contributed by atoms with Gasteiger partial charge in [-0.3, -0.25) is 9.10 Å². The Kier molecular flexibility index (Phi) is 6.68. The van der Waals surface area contributed by atoms with Crippen molar-refractivity contribution >= 4 is 27.8 Å². The monoisotopic (exact) mass is 427 g/mol. The molecule has 156 valence electrons. The van der Waals surface area contributed by atoms with Crippen molar-refractivity contribution in [3.63, 3.8) is 0 Å². The molecule has 0 unspecified atom stereocenters. The van der Waals surface area contributed by atoms with E-state index in [-0.39, 0.29) is 5.56 Å². The number of rotatable bonds is 6. The molecule has 0 atom stereocenters. The van der Waals surface area contributed by atoms with E-state index in [2.05, 4.69) is 10.5 Å². The molecular formula is C19H20F3N3O3S. The molecule has 1 amide bonds. The molecule has 0 aromatic heterocycles. The molecule has 0 aliphatic heterocycles. The minimum Gasteiger partial charge on any atom is -0.271 e. The minimum absolute atomic E-state index is 0.227. The summed E-state index contributed by atoms with van der Waals surface area (Å²) in [5, 5.41) is 3.53. The van der Waals surface area contributed by atoms with Crippen LogP contribution in [0.5, 0.6) is 0 Å². The number of nitrogens with one attached hydrogen (secondary N) is 1. The third kappa shape index (κ3) is 6.31. The minimum atomic E-state index is -4.57. The van der Waals surface area contributed by atoms with Crippen LogP contribution in [-0.4, -0.2) is 33.3 Å². The quantitative estimate of drug-likeness (QED) is 0.568. The van der Waals surface area contributed by atoms with E-state index in [1.807, 2.05) is 6.07 Å². The lowest BCUT2D eigenvalue weighted by Gasteiger charge is -2.22. The molecule has 0 saturated heterocycles. The Balaban J connectivity index is 2.17. The highest BCUT2D eigenvalue weighted by atomic mass is 32.2. The number of carbonyl (C=O) groups excluding carboxylic acids is 1. The summed E-state index contributed by atoms with van der Waals surface area (Å²) in [6.45, 7) is 3.01. The Bertz CT molecular complexity index is 1010. The van der Waals surface area contributed by atoms with Crippen LogP contribution in [0.2, 0.25) is 0 Å². The van der Waals surface area contributed by atoms with Crippen LogP contribution in [0.15, 0.2) is 47.6 Å². The van der Waals surface area contributed by atoms with E-state index in [0.29, 0.717) is 5.69 Å². The summed E-state index contributed by atoms with van der Waals surface area (Å²) in [4.78, 5) is 12.2. The first-order chi connectivity index (χ1) is 13.4. The molecule has 0 aliphatic rings. The van der Waals surface area contributed by atoms with Crippen molar-refractivity contribution in [3.8, 4) is 0 Å². The molecule has 1 N–H and O–H groups in total. The zero-order valence-corrected chi connectivity index (χ0v) is 16.8. The maximum Gasteiger partial charge on any atom is 0.417 e. The van der Waals surface area contributed by atoms with Crippen LogP contribution in [0, 0.1) is 13.8 Å². The molecule has 10 heteroatoms. The number of alkyl halides is 3. The molecule has 2 aromatic rings. The van der Waals surface area contributed by atoms with Gasteiger partial charge in [-0.25, -0.2) is 13.8 Å². The van der Waals surface area contributed by atoms with Crippen molar-refractivity contribution in [3.05, 3.63) is 64.7 Å². The maximum absolute atomic E-state index is 13.0. The summed E-state index contributed by atoms with van der Waals surface area (Å²) in [6, 6.07) is 9.84. The van der Waals surface area contributed by atoms with Gasteiger partial charge >= 0.3 is 6.18 Å². The summed E-state index contributed by atoms with van der Waals surface area (Å²) >= 11 is 0. The molecule has 0 aliphatic carbocycles. The topological polar surface area (TPSA) is 78.8 Å². The van der Waals surface area contributed by atoms with Gasteiger partial charge in [-0.1, -0.05) is 24.3 Å². The van der Waals surface area contributed by atoms with Crippen LogP contribution < -0.4 is 9.73 Å². The number of carbonyl (C=O) groups is 1. The van der Waals surface area contributed by atoms with Gasteiger partial charge in [-0.15, -0.1) is 0 Å². The smallest absolute Gasteiger partial charge is 0.271 e. The maximum atomic E-state index is 13.0. The summed E-state index contributed by atoms with van der Waals surface area (Å²) in [6.07, 6.45) is -2.74. The van der Waals surface area contributed by atoms with Crippen LogP contribution >= 0.6 is 0 Å². The fourth-order valence-corrected chi connectivity index (χ4v) is 3.54. The van der Waals surface area contributed by atoms with Crippen LogP contribution in [-0.2, 0) is 21.0 Å². The number of amides is 1. The molecule has 0 spiro atoms. The number of nitrogens with zero attached hydrogens (tertiary/aromatic N) is 2. The number of hydrogen-bond donors (Lipinski definition) is 1. The first kappa shape index (κ1) is 22.4. The second-order valence-corrected chi connectivity index (χ2v) is 8.40. The summed E-state index contributed by atoms with van der Waals surface area (Å²) in [5.41, 5.74) is 2.89. The van der Waals surface area contributed by atoms with Crippen molar-refractivity contribution < 1.29 is 26.4 Å². The lowest BCUT2D eigenvalue weighted by Crippen LogP contribution is -2.39. The second-order valence-electron chi connectivity index (χ2n) is 6.49. The molecule has 6 nitrogen and oxygen atoms in total. The van der Waals surface area contributed by atoms with Gasteiger partial charge in [-0.05, 0) is 43.2 Å². The Hall–Kier alpha value is -2.88. The third-order valence-corrected chi connectivity index (χ3v) is 4.98. The molecule has 29 heavy (non-hydrogen) atoms. The van der Waals surface area contributed by atoms with Crippen LogP contribution in [0.3, 0.4) is 0 Å². The van der Waals surface area contributed by atoms with Gasteiger partial charge in [-0.2, -0.15) is 18.3 Å². The molecule has 2 aromatic carbocycles. The van der Waals surface area contributed by atoms with Crippen molar-refractivity contribution in [2.45, 2.75) is 20.0 Å². The first-order valence-corrected chi connectivity index (χ1v) is 10.3. The van der Waals surface area contributed by atoms with Gasteiger partial charge < -0.3 is 0 Å². The molecular weight excluding hydrogens is 407 g/mol. The highest BCUT2D eigenvalue weighted by Gasteiger charge is 2.32. The summed E-state index contributed by atoms with van der Waals surface area (Å²) in [7, 11) is -3.78. The zero-order valence-electron chi connectivity index (χ0n) is 16.0. The van der Waals surface area contributed by atoms with Gasteiger partial charge in [0.25, 0.3) is 5.91 Å². The molecule has 0 radical (unpaired) electrons. The van der Waals surface area contributed by atoms with E-state index >= 15 is 0 Å². The third-order valence-electron chi connectivity index (χ3n) is 3.84. The highest BCUT2D eigenvalue weighted by Crippen LogP contribution is 2.31. The van der Waals surface area contributed by atoms with E-state index in [1.165, 1.54) is 18.2 Å². The van der Waals surface area contributed by atoms with Crippen LogP contribution in [0.4, 0.5) is 18.9 Å². The van der Waals surface area contributed by atoms with Crippen LogP contribution in [0.25, 0.3) is 0 Å². The second kappa shape index (κ2) is 8.64.